The number of aromatic nitrogens is 1. The van der Waals surface area contributed by atoms with Crippen LogP contribution in [0.5, 0.6) is 0 Å². The zero-order chi connectivity index (χ0) is 11.5. The summed E-state index contributed by atoms with van der Waals surface area (Å²) in [4.78, 5) is 17.1. The molecule has 1 aliphatic rings. The molecule has 1 aromatic heterocycles. The van der Waals surface area contributed by atoms with E-state index in [1.54, 1.807) is 12.3 Å². The Balaban J connectivity index is 2.23. The lowest BCUT2D eigenvalue weighted by Gasteiger charge is -2.32. The molecule has 0 radical (unpaired) electrons. The Morgan fingerprint density at radius 1 is 1.50 bits per heavy atom. The van der Waals surface area contributed by atoms with Gasteiger partial charge in [0.15, 0.2) is 0 Å². The molecule has 1 N–H and O–H groups in total. The molecule has 0 aromatic carbocycles. The molecule has 0 bridgehead atoms. The molecule has 16 heavy (non-hydrogen) atoms. The number of rotatable bonds is 2. The maximum absolute atomic E-state index is 11.1. The zero-order valence-electron chi connectivity index (χ0n) is 9.39. The van der Waals surface area contributed by atoms with Gasteiger partial charge in [-0.05, 0) is 24.8 Å². The molecular formula is C12H16N2O2. The van der Waals surface area contributed by atoms with E-state index in [0.29, 0.717) is 5.56 Å². The highest BCUT2D eigenvalue weighted by atomic mass is 16.4. The number of nitrogens with zero attached hydrogens (tertiary/aromatic N) is 2. The second-order valence-corrected chi connectivity index (χ2v) is 4.37. The molecule has 2 rings (SSSR count). The van der Waals surface area contributed by atoms with Gasteiger partial charge in [-0.3, -0.25) is 4.98 Å². The fraction of sp³-hybridized carbons (Fsp3) is 0.500. The number of pyridine rings is 1. The Morgan fingerprint density at radius 2 is 2.19 bits per heavy atom. The van der Waals surface area contributed by atoms with Crippen LogP contribution in [-0.2, 0) is 0 Å². The van der Waals surface area contributed by atoms with Gasteiger partial charge in [0, 0.05) is 25.5 Å². The Morgan fingerprint density at radius 3 is 2.81 bits per heavy atom. The molecule has 1 aliphatic heterocycles. The van der Waals surface area contributed by atoms with Gasteiger partial charge in [0.05, 0.1) is 5.69 Å². The van der Waals surface area contributed by atoms with Crippen LogP contribution in [0.25, 0.3) is 0 Å². The van der Waals surface area contributed by atoms with Crippen LogP contribution in [0.15, 0.2) is 18.5 Å². The maximum atomic E-state index is 11.1. The van der Waals surface area contributed by atoms with Gasteiger partial charge in [-0.15, -0.1) is 0 Å². The lowest BCUT2D eigenvalue weighted by molar-refractivity contribution is 0.0697. The Kier molecular flexibility index (Phi) is 3.08. The van der Waals surface area contributed by atoms with Crippen LogP contribution in [0.4, 0.5) is 5.69 Å². The Bertz CT molecular complexity index is 384. The predicted octanol–water partition coefficient (Wildman–Crippen LogP) is 2.02. The number of carboxylic acids is 1. The molecule has 0 spiro atoms. The summed E-state index contributed by atoms with van der Waals surface area (Å²) in [5.74, 6) is -0.159. The van der Waals surface area contributed by atoms with E-state index in [2.05, 4.69) is 16.8 Å². The van der Waals surface area contributed by atoms with E-state index >= 15 is 0 Å². The molecule has 0 atom stereocenters. The summed E-state index contributed by atoms with van der Waals surface area (Å²) in [7, 11) is 0. The van der Waals surface area contributed by atoms with Crippen molar-refractivity contribution in [2.24, 2.45) is 5.92 Å². The average molecular weight is 220 g/mol. The number of aromatic carboxylic acids is 1. The highest BCUT2D eigenvalue weighted by Crippen LogP contribution is 2.25. The molecule has 0 amide bonds. The molecule has 0 aliphatic carbocycles. The molecule has 86 valence electrons. The first-order valence-corrected chi connectivity index (χ1v) is 5.60. The number of piperidine rings is 1. The van der Waals surface area contributed by atoms with Gasteiger partial charge >= 0.3 is 5.97 Å². The van der Waals surface area contributed by atoms with Crippen molar-refractivity contribution >= 4 is 11.7 Å². The highest BCUT2D eigenvalue weighted by molar-refractivity contribution is 5.94. The van der Waals surface area contributed by atoms with Crippen molar-refractivity contribution in [3.05, 3.63) is 24.0 Å². The zero-order valence-corrected chi connectivity index (χ0v) is 9.39. The monoisotopic (exact) mass is 220 g/mol. The third kappa shape index (κ3) is 2.15. The predicted molar refractivity (Wildman–Crippen MR) is 61.8 cm³/mol. The van der Waals surface area contributed by atoms with E-state index < -0.39 is 5.97 Å². The normalized spacial score (nSPS) is 17.4. The molecule has 4 nitrogen and oxygen atoms in total. The van der Waals surface area contributed by atoms with Crippen molar-refractivity contribution in [3.63, 3.8) is 0 Å². The van der Waals surface area contributed by atoms with Crippen molar-refractivity contribution < 1.29 is 9.90 Å². The fourth-order valence-electron chi connectivity index (χ4n) is 2.08. The minimum Gasteiger partial charge on any atom is -0.478 e. The quantitative estimate of drug-likeness (QED) is 0.828. The molecule has 1 aromatic rings. The van der Waals surface area contributed by atoms with E-state index in [1.165, 1.54) is 6.20 Å². The minimum absolute atomic E-state index is 0.303. The molecule has 4 heteroatoms. The van der Waals surface area contributed by atoms with Crippen LogP contribution in [0.2, 0.25) is 0 Å². The first-order valence-electron chi connectivity index (χ1n) is 5.60. The van der Waals surface area contributed by atoms with Gasteiger partial charge in [-0.1, -0.05) is 6.92 Å². The highest BCUT2D eigenvalue weighted by Gasteiger charge is 2.20. The van der Waals surface area contributed by atoms with E-state index in [0.717, 1.165) is 37.5 Å². The van der Waals surface area contributed by atoms with Crippen LogP contribution in [-0.4, -0.2) is 29.1 Å². The lowest BCUT2D eigenvalue weighted by Crippen LogP contribution is -2.33. The van der Waals surface area contributed by atoms with Gasteiger partial charge in [-0.25, -0.2) is 4.79 Å². The third-order valence-electron chi connectivity index (χ3n) is 3.15. The molecule has 1 saturated heterocycles. The number of hydrogen-bond donors (Lipinski definition) is 1. The van der Waals surface area contributed by atoms with E-state index in [1.807, 2.05) is 0 Å². The molecule has 2 heterocycles. The van der Waals surface area contributed by atoms with Crippen LogP contribution >= 0.6 is 0 Å². The number of carbonyl (C=O) groups is 1. The standard InChI is InChI=1S/C12H16N2O2/c1-9-3-6-14(7-4-9)11-2-5-13-8-10(11)12(15)16/h2,5,8-9H,3-4,6-7H2,1H3,(H,15,16). The lowest BCUT2D eigenvalue weighted by atomic mass is 9.98. The van der Waals surface area contributed by atoms with Crippen molar-refractivity contribution in [3.8, 4) is 0 Å². The summed E-state index contributed by atoms with van der Waals surface area (Å²) < 4.78 is 0. The molecular weight excluding hydrogens is 204 g/mol. The number of hydrogen-bond acceptors (Lipinski definition) is 3. The summed E-state index contributed by atoms with van der Waals surface area (Å²) >= 11 is 0. The summed E-state index contributed by atoms with van der Waals surface area (Å²) in [5.41, 5.74) is 1.10. The fourth-order valence-corrected chi connectivity index (χ4v) is 2.08. The van der Waals surface area contributed by atoms with Gasteiger partial charge in [-0.2, -0.15) is 0 Å². The summed E-state index contributed by atoms with van der Waals surface area (Å²) in [6, 6.07) is 1.79. The van der Waals surface area contributed by atoms with Crippen molar-refractivity contribution in [2.45, 2.75) is 19.8 Å². The average Bonchev–Trinajstić information content (AvgIpc) is 2.30. The van der Waals surface area contributed by atoms with Gasteiger partial charge in [0.2, 0.25) is 0 Å². The number of carboxylic acid groups (broad SMARTS) is 1. The van der Waals surface area contributed by atoms with Crippen molar-refractivity contribution in [1.29, 1.82) is 0 Å². The van der Waals surface area contributed by atoms with Crippen LogP contribution < -0.4 is 4.90 Å². The van der Waals surface area contributed by atoms with Crippen LogP contribution in [0, 0.1) is 5.92 Å². The third-order valence-corrected chi connectivity index (χ3v) is 3.15. The summed E-state index contributed by atoms with van der Waals surface area (Å²) in [5, 5.41) is 9.08. The largest absolute Gasteiger partial charge is 0.478 e. The summed E-state index contributed by atoms with van der Waals surface area (Å²) in [6.45, 7) is 4.11. The maximum Gasteiger partial charge on any atom is 0.339 e. The van der Waals surface area contributed by atoms with Crippen LogP contribution in [0.1, 0.15) is 30.1 Å². The first-order chi connectivity index (χ1) is 7.68. The topological polar surface area (TPSA) is 53.4 Å². The molecule has 0 saturated carbocycles. The van der Waals surface area contributed by atoms with E-state index in [9.17, 15) is 4.79 Å². The summed E-state index contributed by atoms with van der Waals surface area (Å²) in [6.07, 6.45) is 5.33. The van der Waals surface area contributed by atoms with Crippen molar-refractivity contribution in [2.75, 3.05) is 18.0 Å². The van der Waals surface area contributed by atoms with E-state index in [-0.39, 0.29) is 0 Å². The SMILES string of the molecule is CC1CCN(c2ccncc2C(=O)O)CC1. The minimum atomic E-state index is -0.901. The second kappa shape index (κ2) is 4.51. The van der Waals surface area contributed by atoms with E-state index in [4.69, 9.17) is 5.11 Å². The van der Waals surface area contributed by atoms with Gasteiger partial charge in [0.1, 0.15) is 5.56 Å². The molecule has 0 unspecified atom stereocenters. The first kappa shape index (κ1) is 10.9. The van der Waals surface area contributed by atoms with Crippen LogP contribution in [0.3, 0.4) is 0 Å². The smallest absolute Gasteiger partial charge is 0.339 e. The van der Waals surface area contributed by atoms with Gasteiger partial charge in [0.25, 0.3) is 0 Å². The van der Waals surface area contributed by atoms with Crippen molar-refractivity contribution in [1.82, 2.24) is 4.98 Å². The number of anilines is 1. The Hall–Kier alpha value is -1.58. The Labute approximate surface area is 94.9 Å². The molecule has 1 fully saturated rings. The van der Waals surface area contributed by atoms with Gasteiger partial charge < -0.3 is 10.0 Å². The second-order valence-electron chi connectivity index (χ2n) is 4.37.